The smallest absolute Gasteiger partial charge is 0.119 e. The number of aliphatic hydroxyl groups is 1. The summed E-state index contributed by atoms with van der Waals surface area (Å²) in [5.74, 6) is 0.791. The zero-order chi connectivity index (χ0) is 15.2. The minimum atomic E-state index is -0.460. The number of benzene rings is 1. The van der Waals surface area contributed by atoms with Crippen molar-refractivity contribution < 1.29 is 9.84 Å². The van der Waals surface area contributed by atoms with Gasteiger partial charge in [-0.05, 0) is 64.3 Å². The molecule has 1 aliphatic rings. The van der Waals surface area contributed by atoms with Crippen molar-refractivity contribution in [2.45, 2.75) is 25.0 Å². The SMILES string of the molecule is CN1CCC(N(C)CC(O)COc2ccc(Br)cc2)CC1.Cl. The third-order valence-electron chi connectivity index (χ3n) is 4.07. The Kier molecular flexibility index (Phi) is 8.72. The van der Waals surface area contributed by atoms with Gasteiger partial charge in [-0.25, -0.2) is 0 Å². The van der Waals surface area contributed by atoms with Gasteiger partial charge in [-0.3, -0.25) is 0 Å². The maximum atomic E-state index is 10.1. The molecule has 0 bridgehead atoms. The number of rotatable bonds is 6. The van der Waals surface area contributed by atoms with Gasteiger partial charge in [0.25, 0.3) is 0 Å². The molecule has 1 fully saturated rings. The Morgan fingerprint density at radius 1 is 1.32 bits per heavy atom. The number of aliphatic hydroxyl groups excluding tert-OH is 1. The second-order valence-electron chi connectivity index (χ2n) is 5.89. The van der Waals surface area contributed by atoms with Crippen LogP contribution in [0.5, 0.6) is 5.75 Å². The molecule has 22 heavy (non-hydrogen) atoms. The van der Waals surface area contributed by atoms with Gasteiger partial charge in [-0.15, -0.1) is 12.4 Å². The Labute approximate surface area is 148 Å². The molecule has 0 spiro atoms. The number of likely N-dealkylation sites (N-methyl/N-ethyl adjacent to an activating group) is 1. The maximum absolute atomic E-state index is 10.1. The third-order valence-corrected chi connectivity index (χ3v) is 4.59. The summed E-state index contributed by atoms with van der Waals surface area (Å²) in [6, 6.07) is 8.25. The quantitative estimate of drug-likeness (QED) is 0.806. The van der Waals surface area contributed by atoms with Gasteiger partial charge in [0.1, 0.15) is 18.5 Å². The molecule has 0 amide bonds. The molecule has 0 aliphatic carbocycles. The Balaban J connectivity index is 0.00000242. The van der Waals surface area contributed by atoms with Crippen LogP contribution >= 0.6 is 28.3 Å². The number of halogens is 2. The topological polar surface area (TPSA) is 35.9 Å². The van der Waals surface area contributed by atoms with Gasteiger partial charge >= 0.3 is 0 Å². The molecule has 1 aromatic carbocycles. The van der Waals surface area contributed by atoms with E-state index in [-0.39, 0.29) is 12.4 Å². The summed E-state index contributed by atoms with van der Waals surface area (Å²) in [4.78, 5) is 4.63. The van der Waals surface area contributed by atoms with Gasteiger partial charge in [0, 0.05) is 17.1 Å². The van der Waals surface area contributed by atoms with Crippen molar-refractivity contribution in [1.29, 1.82) is 0 Å². The highest BCUT2D eigenvalue weighted by molar-refractivity contribution is 9.10. The lowest BCUT2D eigenvalue weighted by atomic mass is 10.0. The van der Waals surface area contributed by atoms with Gasteiger partial charge in [0.2, 0.25) is 0 Å². The average molecular weight is 394 g/mol. The fourth-order valence-electron chi connectivity index (χ4n) is 2.69. The molecule has 1 unspecified atom stereocenters. The number of piperidine rings is 1. The first-order valence-electron chi connectivity index (χ1n) is 7.50. The highest BCUT2D eigenvalue weighted by Crippen LogP contribution is 2.17. The van der Waals surface area contributed by atoms with Crippen LogP contribution in [-0.4, -0.2) is 67.4 Å². The Morgan fingerprint density at radius 2 is 1.91 bits per heavy atom. The molecule has 1 saturated heterocycles. The van der Waals surface area contributed by atoms with Gasteiger partial charge in [-0.1, -0.05) is 15.9 Å². The van der Waals surface area contributed by atoms with E-state index in [1.165, 1.54) is 12.8 Å². The monoisotopic (exact) mass is 392 g/mol. The molecule has 4 nitrogen and oxygen atoms in total. The van der Waals surface area contributed by atoms with E-state index < -0.39 is 6.10 Å². The van der Waals surface area contributed by atoms with Crippen molar-refractivity contribution in [2.24, 2.45) is 0 Å². The second kappa shape index (κ2) is 9.73. The van der Waals surface area contributed by atoms with Crippen LogP contribution in [0, 0.1) is 0 Å². The molecule has 2 rings (SSSR count). The van der Waals surface area contributed by atoms with E-state index in [0.29, 0.717) is 19.2 Å². The van der Waals surface area contributed by atoms with Gasteiger partial charge in [-0.2, -0.15) is 0 Å². The zero-order valence-corrected chi connectivity index (χ0v) is 15.6. The number of hydrogen-bond acceptors (Lipinski definition) is 4. The Hall–Kier alpha value is -0.330. The van der Waals surface area contributed by atoms with Crippen LogP contribution in [0.4, 0.5) is 0 Å². The van der Waals surface area contributed by atoms with Crippen LogP contribution in [0.2, 0.25) is 0 Å². The number of ether oxygens (including phenoxy) is 1. The molecule has 0 aromatic heterocycles. The van der Waals surface area contributed by atoms with Crippen LogP contribution in [0.1, 0.15) is 12.8 Å². The first-order valence-corrected chi connectivity index (χ1v) is 8.29. The van der Waals surface area contributed by atoms with E-state index >= 15 is 0 Å². The van der Waals surface area contributed by atoms with E-state index in [0.717, 1.165) is 23.3 Å². The van der Waals surface area contributed by atoms with Crippen molar-refractivity contribution in [1.82, 2.24) is 9.80 Å². The molecular weight excluding hydrogens is 368 g/mol. The summed E-state index contributed by atoms with van der Waals surface area (Å²) in [5.41, 5.74) is 0. The molecule has 1 heterocycles. The number of nitrogens with zero attached hydrogens (tertiary/aromatic N) is 2. The normalized spacial score (nSPS) is 18.0. The molecule has 0 radical (unpaired) electrons. The van der Waals surface area contributed by atoms with Crippen molar-refractivity contribution in [3.63, 3.8) is 0 Å². The average Bonchev–Trinajstić information content (AvgIpc) is 2.47. The lowest BCUT2D eigenvalue weighted by Gasteiger charge is -2.35. The molecule has 126 valence electrons. The predicted molar refractivity (Wildman–Crippen MR) is 96.0 cm³/mol. The number of likely N-dealkylation sites (tertiary alicyclic amines) is 1. The molecule has 1 aliphatic heterocycles. The van der Waals surface area contributed by atoms with Crippen molar-refractivity contribution >= 4 is 28.3 Å². The first-order chi connectivity index (χ1) is 10.0. The Morgan fingerprint density at radius 3 is 2.50 bits per heavy atom. The highest BCUT2D eigenvalue weighted by atomic mass is 79.9. The molecule has 0 saturated carbocycles. The summed E-state index contributed by atoms with van der Waals surface area (Å²) in [6.07, 6.45) is 1.89. The molecule has 6 heteroatoms. The minimum absolute atomic E-state index is 0. The lowest BCUT2D eigenvalue weighted by Crippen LogP contribution is -2.45. The van der Waals surface area contributed by atoms with Crippen LogP contribution in [0.25, 0.3) is 0 Å². The van der Waals surface area contributed by atoms with Crippen molar-refractivity contribution in [2.75, 3.05) is 40.3 Å². The third kappa shape index (κ3) is 6.42. The summed E-state index contributed by atoms with van der Waals surface area (Å²) < 4.78 is 6.65. The van der Waals surface area contributed by atoms with Crippen LogP contribution in [0.15, 0.2) is 28.7 Å². The Bertz CT molecular complexity index is 425. The van der Waals surface area contributed by atoms with E-state index in [1.807, 2.05) is 24.3 Å². The van der Waals surface area contributed by atoms with Gasteiger partial charge in [0.15, 0.2) is 0 Å². The summed E-state index contributed by atoms with van der Waals surface area (Å²) >= 11 is 3.39. The van der Waals surface area contributed by atoms with Crippen LogP contribution in [0.3, 0.4) is 0 Å². The summed E-state index contributed by atoms with van der Waals surface area (Å²) in [7, 11) is 4.26. The van der Waals surface area contributed by atoms with E-state index in [1.54, 1.807) is 0 Å². The lowest BCUT2D eigenvalue weighted by molar-refractivity contribution is 0.0498. The largest absolute Gasteiger partial charge is 0.491 e. The number of hydrogen-bond donors (Lipinski definition) is 1. The fraction of sp³-hybridized carbons (Fsp3) is 0.625. The van der Waals surface area contributed by atoms with Gasteiger partial charge in [0.05, 0.1) is 0 Å². The maximum Gasteiger partial charge on any atom is 0.119 e. The zero-order valence-electron chi connectivity index (χ0n) is 13.2. The summed E-state index contributed by atoms with van der Waals surface area (Å²) in [6.45, 7) is 3.27. The minimum Gasteiger partial charge on any atom is -0.491 e. The van der Waals surface area contributed by atoms with Crippen LogP contribution in [-0.2, 0) is 0 Å². The van der Waals surface area contributed by atoms with Crippen molar-refractivity contribution in [3.8, 4) is 5.75 Å². The molecule has 1 atom stereocenters. The molecule has 1 N–H and O–H groups in total. The van der Waals surface area contributed by atoms with Crippen LogP contribution < -0.4 is 4.74 Å². The first kappa shape index (κ1) is 19.7. The summed E-state index contributed by atoms with van der Waals surface area (Å²) in [5, 5.41) is 10.1. The second-order valence-corrected chi connectivity index (χ2v) is 6.81. The fourth-order valence-corrected chi connectivity index (χ4v) is 2.96. The highest BCUT2D eigenvalue weighted by Gasteiger charge is 2.22. The molecule has 1 aromatic rings. The predicted octanol–water partition coefficient (Wildman–Crippen LogP) is 2.64. The van der Waals surface area contributed by atoms with Gasteiger partial charge < -0.3 is 19.6 Å². The van der Waals surface area contributed by atoms with Crippen molar-refractivity contribution in [3.05, 3.63) is 28.7 Å². The van der Waals surface area contributed by atoms with E-state index in [9.17, 15) is 5.11 Å². The van der Waals surface area contributed by atoms with E-state index in [4.69, 9.17) is 4.74 Å². The molecular formula is C16H26BrClN2O2. The van der Waals surface area contributed by atoms with E-state index in [2.05, 4.69) is 39.8 Å². The standard InChI is InChI=1S/C16H25BrN2O2.ClH/c1-18-9-7-14(8-10-18)19(2)11-15(20)12-21-16-5-3-13(17)4-6-16;/h3-6,14-15,20H,7-12H2,1-2H3;1H.